The van der Waals surface area contributed by atoms with Gasteiger partial charge in [-0.1, -0.05) is 49.4 Å². The molecular weight excluding hydrogens is 359 g/mol. The van der Waals surface area contributed by atoms with Crippen LogP contribution in [0.1, 0.15) is 48.1 Å². The maximum atomic E-state index is 13.4. The molecule has 1 atom stereocenters. The van der Waals surface area contributed by atoms with Crippen molar-refractivity contribution in [2.24, 2.45) is 0 Å². The van der Waals surface area contributed by atoms with Crippen LogP contribution < -0.4 is 0 Å². The highest BCUT2D eigenvalue weighted by atomic mass is 19.1. The number of pyridine rings is 1. The van der Waals surface area contributed by atoms with Crippen LogP contribution in [0, 0.1) is 17.1 Å². The van der Waals surface area contributed by atoms with Crippen molar-refractivity contribution < 1.29 is 4.39 Å². The van der Waals surface area contributed by atoms with Crippen molar-refractivity contribution in [3.8, 4) is 17.3 Å². The van der Waals surface area contributed by atoms with Gasteiger partial charge in [-0.05, 0) is 61.1 Å². The van der Waals surface area contributed by atoms with Gasteiger partial charge < -0.3 is 0 Å². The van der Waals surface area contributed by atoms with Crippen LogP contribution in [0.3, 0.4) is 0 Å². The van der Waals surface area contributed by atoms with Gasteiger partial charge in [0.1, 0.15) is 5.82 Å². The van der Waals surface area contributed by atoms with Crippen LogP contribution in [-0.4, -0.2) is 4.98 Å². The van der Waals surface area contributed by atoms with Crippen LogP contribution in [0.25, 0.3) is 11.3 Å². The second-order valence-corrected chi connectivity index (χ2v) is 7.12. The Morgan fingerprint density at radius 2 is 1.93 bits per heavy atom. The molecule has 3 rings (SSSR count). The monoisotopic (exact) mass is 384 g/mol. The third-order valence-electron chi connectivity index (χ3n) is 5.22. The van der Waals surface area contributed by atoms with E-state index in [2.05, 4.69) is 25.6 Å². The maximum Gasteiger partial charge on any atom is 0.123 e. The summed E-state index contributed by atoms with van der Waals surface area (Å²) in [4.78, 5) is 4.94. The second kappa shape index (κ2) is 9.80. The topological polar surface area (TPSA) is 36.7 Å². The van der Waals surface area contributed by atoms with Crippen LogP contribution in [0.4, 0.5) is 4.39 Å². The maximum absolute atomic E-state index is 13.4. The highest BCUT2D eigenvalue weighted by Crippen LogP contribution is 2.29. The fourth-order valence-corrected chi connectivity index (χ4v) is 3.67. The third kappa shape index (κ3) is 4.97. The summed E-state index contributed by atoms with van der Waals surface area (Å²) in [6.07, 6.45) is 5.38. The number of aryl methyl sites for hydroxylation is 2. The standard InChI is InChI=1S/C26H25FN2/c1-3-20(4-2)24-15-16-26(23-13-6-5-11-21(23)18-28)29-25(24)14-8-10-19-9-7-12-22(27)17-19/h3,5-7,9,11-13,15-17,20H,1,4,8,10,14H2,2H3. The van der Waals surface area contributed by atoms with Crippen molar-refractivity contribution in [3.05, 3.63) is 102 Å². The Balaban J connectivity index is 1.91. The van der Waals surface area contributed by atoms with E-state index < -0.39 is 0 Å². The Morgan fingerprint density at radius 1 is 1.10 bits per heavy atom. The molecule has 0 aliphatic rings. The lowest BCUT2D eigenvalue weighted by molar-refractivity contribution is 0.624. The van der Waals surface area contributed by atoms with Crippen LogP contribution >= 0.6 is 0 Å². The molecule has 0 aliphatic carbocycles. The first-order chi connectivity index (χ1) is 14.2. The molecule has 0 bridgehead atoms. The number of allylic oxidation sites excluding steroid dienone is 1. The summed E-state index contributed by atoms with van der Waals surface area (Å²) in [7, 11) is 0. The molecule has 0 saturated carbocycles. The minimum absolute atomic E-state index is 0.200. The normalized spacial score (nSPS) is 11.6. The van der Waals surface area contributed by atoms with Crippen LogP contribution in [0.15, 0.2) is 73.3 Å². The number of hydrogen-bond donors (Lipinski definition) is 0. The van der Waals surface area contributed by atoms with Gasteiger partial charge in [-0.25, -0.2) is 4.39 Å². The summed E-state index contributed by atoms with van der Waals surface area (Å²) in [6.45, 7) is 6.12. The molecule has 0 amide bonds. The molecule has 0 aliphatic heterocycles. The van der Waals surface area contributed by atoms with Gasteiger partial charge in [0, 0.05) is 17.2 Å². The minimum atomic E-state index is -0.200. The van der Waals surface area contributed by atoms with E-state index in [1.165, 1.54) is 11.6 Å². The average Bonchev–Trinajstić information content (AvgIpc) is 2.75. The van der Waals surface area contributed by atoms with E-state index in [-0.39, 0.29) is 11.7 Å². The van der Waals surface area contributed by atoms with E-state index in [9.17, 15) is 9.65 Å². The van der Waals surface area contributed by atoms with Gasteiger partial charge in [-0.2, -0.15) is 5.26 Å². The van der Waals surface area contributed by atoms with Crippen LogP contribution in [0.5, 0.6) is 0 Å². The summed E-state index contributed by atoms with van der Waals surface area (Å²) in [6, 6.07) is 20.7. The number of aromatic nitrogens is 1. The fourth-order valence-electron chi connectivity index (χ4n) is 3.67. The van der Waals surface area contributed by atoms with Gasteiger partial charge in [-0.3, -0.25) is 4.98 Å². The van der Waals surface area contributed by atoms with E-state index >= 15 is 0 Å². The summed E-state index contributed by atoms with van der Waals surface area (Å²) in [5, 5.41) is 9.44. The fraction of sp³-hybridized carbons (Fsp3) is 0.231. The van der Waals surface area contributed by atoms with E-state index in [4.69, 9.17) is 4.98 Å². The first kappa shape index (κ1) is 20.5. The number of nitriles is 1. The quantitative estimate of drug-likeness (QED) is 0.410. The second-order valence-electron chi connectivity index (χ2n) is 7.12. The molecule has 29 heavy (non-hydrogen) atoms. The van der Waals surface area contributed by atoms with E-state index in [0.29, 0.717) is 5.56 Å². The van der Waals surface area contributed by atoms with Crippen molar-refractivity contribution in [2.45, 2.75) is 38.5 Å². The van der Waals surface area contributed by atoms with Crippen molar-refractivity contribution in [3.63, 3.8) is 0 Å². The zero-order valence-corrected chi connectivity index (χ0v) is 16.7. The molecule has 1 heterocycles. The van der Waals surface area contributed by atoms with Gasteiger partial charge in [0.05, 0.1) is 17.3 Å². The molecule has 0 N–H and O–H groups in total. The van der Waals surface area contributed by atoms with Crippen LogP contribution in [-0.2, 0) is 12.8 Å². The van der Waals surface area contributed by atoms with Crippen molar-refractivity contribution in [1.82, 2.24) is 4.98 Å². The van der Waals surface area contributed by atoms with Gasteiger partial charge in [0.2, 0.25) is 0 Å². The van der Waals surface area contributed by atoms with E-state index in [1.807, 2.05) is 42.5 Å². The SMILES string of the molecule is C=CC(CC)c1ccc(-c2ccccc2C#N)nc1CCCc1cccc(F)c1. The zero-order valence-electron chi connectivity index (χ0n) is 16.7. The Hall–Kier alpha value is -3.25. The molecule has 2 aromatic carbocycles. The van der Waals surface area contributed by atoms with Crippen LogP contribution in [0.2, 0.25) is 0 Å². The predicted molar refractivity (Wildman–Crippen MR) is 116 cm³/mol. The number of hydrogen-bond acceptors (Lipinski definition) is 2. The molecular formula is C26H25FN2. The lowest BCUT2D eigenvalue weighted by Gasteiger charge is -2.17. The lowest BCUT2D eigenvalue weighted by atomic mass is 9.91. The molecule has 1 aromatic heterocycles. The van der Waals surface area contributed by atoms with Crippen molar-refractivity contribution in [1.29, 1.82) is 5.26 Å². The van der Waals surface area contributed by atoms with E-state index in [1.54, 1.807) is 12.1 Å². The number of halogens is 1. The highest BCUT2D eigenvalue weighted by Gasteiger charge is 2.15. The third-order valence-corrected chi connectivity index (χ3v) is 5.22. The molecule has 0 saturated heterocycles. The van der Waals surface area contributed by atoms with Gasteiger partial charge in [-0.15, -0.1) is 6.58 Å². The lowest BCUT2D eigenvalue weighted by Crippen LogP contribution is -2.05. The summed E-state index contributed by atoms with van der Waals surface area (Å²) < 4.78 is 13.4. The summed E-state index contributed by atoms with van der Waals surface area (Å²) in [5.41, 5.74) is 5.48. The van der Waals surface area contributed by atoms with Crippen molar-refractivity contribution >= 4 is 0 Å². The highest BCUT2D eigenvalue weighted by molar-refractivity contribution is 5.67. The van der Waals surface area contributed by atoms with E-state index in [0.717, 1.165) is 48.2 Å². The number of benzene rings is 2. The molecule has 146 valence electrons. The number of rotatable bonds is 8. The Bertz CT molecular complexity index is 1030. The molecule has 1 unspecified atom stereocenters. The Kier molecular flexibility index (Phi) is 6.92. The number of nitrogens with zero attached hydrogens (tertiary/aromatic N) is 2. The molecule has 0 spiro atoms. The Labute approximate surface area is 172 Å². The zero-order chi connectivity index (χ0) is 20.6. The average molecular weight is 384 g/mol. The van der Waals surface area contributed by atoms with Gasteiger partial charge >= 0.3 is 0 Å². The largest absolute Gasteiger partial charge is 0.252 e. The first-order valence-electron chi connectivity index (χ1n) is 10.0. The summed E-state index contributed by atoms with van der Waals surface area (Å²) in [5.74, 6) is 0.0426. The molecule has 3 aromatic rings. The first-order valence-corrected chi connectivity index (χ1v) is 10.0. The molecule has 3 heteroatoms. The Morgan fingerprint density at radius 3 is 2.66 bits per heavy atom. The molecule has 2 nitrogen and oxygen atoms in total. The molecule has 0 radical (unpaired) electrons. The predicted octanol–water partition coefficient (Wildman–Crippen LogP) is 6.61. The smallest absolute Gasteiger partial charge is 0.123 e. The molecule has 0 fully saturated rings. The van der Waals surface area contributed by atoms with Gasteiger partial charge in [0.25, 0.3) is 0 Å². The minimum Gasteiger partial charge on any atom is -0.252 e. The van der Waals surface area contributed by atoms with Crippen molar-refractivity contribution in [2.75, 3.05) is 0 Å². The van der Waals surface area contributed by atoms with Gasteiger partial charge in [0.15, 0.2) is 0 Å². The summed E-state index contributed by atoms with van der Waals surface area (Å²) >= 11 is 0.